The molecular formula is C14H14ClNO3S. The molecule has 0 aliphatic rings. The molecular weight excluding hydrogens is 298 g/mol. The van der Waals surface area contributed by atoms with Gasteiger partial charge in [-0.3, -0.25) is 4.31 Å². The standard InChI is InChI=1S/C14H14ClNO3S/c1-2-16(12-4-3-5-13(17)10-12)20(18,19)14-8-6-11(15)7-9-14/h3-10,17H,2H2,1H3. The van der Waals surface area contributed by atoms with E-state index < -0.39 is 10.0 Å². The Labute approximate surface area is 123 Å². The second-order valence-corrected chi connectivity index (χ2v) is 6.44. The highest BCUT2D eigenvalue weighted by molar-refractivity contribution is 7.92. The summed E-state index contributed by atoms with van der Waals surface area (Å²) in [4.78, 5) is 0.159. The lowest BCUT2D eigenvalue weighted by atomic mass is 10.3. The highest BCUT2D eigenvalue weighted by atomic mass is 35.5. The second-order valence-electron chi connectivity index (χ2n) is 4.14. The zero-order valence-electron chi connectivity index (χ0n) is 10.8. The van der Waals surface area contributed by atoms with E-state index in [2.05, 4.69) is 0 Å². The van der Waals surface area contributed by atoms with Gasteiger partial charge < -0.3 is 5.11 Å². The molecule has 0 aliphatic heterocycles. The third-order valence-electron chi connectivity index (χ3n) is 2.81. The van der Waals surface area contributed by atoms with Crippen LogP contribution in [0.3, 0.4) is 0 Å². The molecule has 2 rings (SSSR count). The van der Waals surface area contributed by atoms with Crippen LogP contribution >= 0.6 is 11.6 Å². The van der Waals surface area contributed by atoms with Gasteiger partial charge in [-0.25, -0.2) is 8.42 Å². The quantitative estimate of drug-likeness (QED) is 0.943. The number of phenols is 1. The number of hydrogen-bond acceptors (Lipinski definition) is 3. The first-order valence-corrected chi connectivity index (χ1v) is 7.84. The summed E-state index contributed by atoms with van der Waals surface area (Å²) in [5.74, 6) is 0.0206. The fourth-order valence-corrected chi connectivity index (χ4v) is 3.46. The lowest BCUT2D eigenvalue weighted by molar-refractivity contribution is 0.475. The lowest BCUT2D eigenvalue weighted by Gasteiger charge is -2.23. The molecule has 6 heteroatoms. The Morgan fingerprint density at radius 1 is 1.15 bits per heavy atom. The Kier molecular flexibility index (Phi) is 4.20. The fraction of sp³-hybridized carbons (Fsp3) is 0.143. The maximum absolute atomic E-state index is 12.6. The van der Waals surface area contributed by atoms with Crippen molar-refractivity contribution in [3.63, 3.8) is 0 Å². The Morgan fingerprint density at radius 2 is 1.80 bits per heavy atom. The number of benzene rings is 2. The topological polar surface area (TPSA) is 57.6 Å². The van der Waals surface area contributed by atoms with Crippen LogP contribution in [0.25, 0.3) is 0 Å². The van der Waals surface area contributed by atoms with Gasteiger partial charge in [0.1, 0.15) is 5.75 Å². The van der Waals surface area contributed by atoms with E-state index in [0.29, 0.717) is 10.7 Å². The highest BCUT2D eigenvalue weighted by Gasteiger charge is 2.23. The zero-order chi connectivity index (χ0) is 14.8. The molecule has 0 atom stereocenters. The normalized spacial score (nSPS) is 11.3. The SMILES string of the molecule is CCN(c1cccc(O)c1)S(=O)(=O)c1ccc(Cl)cc1. The van der Waals surface area contributed by atoms with Crippen LogP contribution in [0.1, 0.15) is 6.92 Å². The van der Waals surface area contributed by atoms with Crippen molar-refractivity contribution in [1.29, 1.82) is 0 Å². The van der Waals surface area contributed by atoms with E-state index >= 15 is 0 Å². The molecule has 1 N–H and O–H groups in total. The van der Waals surface area contributed by atoms with Crippen LogP contribution in [0.2, 0.25) is 5.02 Å². The van der Waals surface area contributed by atoms with Crippen molar-refractivity contribution < 1.29 is 13.5 Å². The molecule has 2 aromatic rings. The van der Waals surface area contributed by atoms with Crippen LogP contribution in [0, 0.1) is 0 Å². The van der Waals surface area contributed by atoms with Crippen molar-refractivity contribution in [2.75, 3.05) is 10.8 Å². The first-order valence-electron chi connectivity index (χ1n) is 6.02. The molecule has 0 amide bonds. The number of hydrogen-bond donors (Lipinski definition) is 1. The van der Waals surface area contributed by atoms with Gasteiger partial charge in [0.25, 0.3) is 10.0 Å². The zero-order valence-corrected chi connectivity index (χ0v) is 12.4. The van der Waals surface area contributed by atoms with E-state index in [1.54, 1.807) is 19.1 Å². The van der Waals surface area contributed by atoms with E-state index in [9.17, 15) is 13.5 Å². The molecule has 0 saturated carbocycles. The number of sulfonamides is 1. The Morgan fingerprint density at radius 3 is 2.35 bits per heavy atom. The molecule has 0 fully saturated rings. The third kappa shape index (κ3) is 2.89. The number of aromatic hydroxyl groups is 1. The maximum atomic E-state index is 12.6. The molecule has 0 bridgehead atoms. The third-order valence-corrected chi connectivity index (χ3v) is 4.98. The number of halogens is 1. The number of rotatable bonds is 4. The van der Waals surface area contributed by atoms with Crippen molar-refractivity contribution >= 4 is 27.3 Å². The summed E-state index contributed by atoms with van der Waals surface area (Å²) < 4.78 is 26.4. The van der Waals surface area contributed by atoms with Gasteiger partial charge in [-0.05, 0) is 43.3 Å². The van der Waals surface area contributed by atoms with Crippen LogP contribution in [0.15, 0.2) is 53.4 Å². The predicted octanol–water partition coefficient (Wildman–Crippen LogP) is 3.26. The molecule has 0 aliphatic carbocycles. The average Bonchev–Trinajstić information content (AvgIpc) is 2.40. The Hall–Kier alpha value is -1.72. The first kappa shape index (κ1) is 14.7. The summed E-state index contributed by atoms with van der Waals surface area (Å²) in [5.41, 5.74) is 0.419. The summed E-state index contributed by atoms with van der Waals surface area (Å²) in [6.07, 6.45) is 0. The van der Waals surface area contributed by atoms with Crippen LogP contribution in [0.4, 0.5) is 5.69 Å². The van der Waals surface area contributed by atoms with Crippen LogP contribution in [-0.4, -0.2) is 20.1 Å². The van der Waals surface area contributed by atoms with Crippen LogP contribution in [-0.2, 0) is 10.0 Å². The van der Waals surface area contributed by atoms with Gasteiger partial charge in [-0.1, -0.05) is 17.7 Å². The molecule has 0 unspecified atom stereocenters. The first-order chi connectivity index (χ1) is 9.45. The van der Waals surface area contributed by atoms with E-state index in [0.717, 1.165) is 0 Å². The molecule has 0 aromatic heterocycles. The summed E-state index contributed by atoms with van der Waals surface area (Å²) in [6.45, 7) is 1.99. The predicted molar refractivity (Wildman–Crippen MR) is 79.8 cm³/mol. The van der Waals surface area contributed by atoms with Crippen molar-refractivity contribution in [2.45, 2.75) is 11.8 Å². The Bertz CT molecular complexity index is 699. The lowest BCUT2D eigenvalue weighted by Crippen LogP contribution is -2.30. The molecule has 0 saturated heterocycles. The van der Waals surface area contributed by atoms with Crippen molar-refractivity contribution in [3.8, 4) is 5.75 Å². The average molecular weight is 312 g/mol. The summed E-state index contributed by atoms with van der Waals surface area (Å²) in [6, 6.07) is 12.1. The van der Waals surface area contributed by atoms with E-state index in [-0.39, 0.29) is 17.2 Å². The van der Waals surface area contributed by atoms with E-state index in [4.69, 9.17) is 11.6 Å². The number of nitrogens with zero attached hydrogens (tertiary/aromatic N) is 1. The molecule has 0 radical (unpaired) electrons. The van der Waals surface area contributed by atoms with Gasteiger partial charge in [0.2, 0.25) is 0 Å². The monoisotopic (exact) mass is 311 g/mol. The Balaban J connectivity index is 2.47. The summed E-state index contributed by atoms with van der Waals surface area (Å²) in [7, 11) is -3.67. The largest absolute Gasteiger partial charge is 0.508 e. The minimum absolute atomic E-state index is 0.0206. The summed E-state index contributed by atoms with van der Waals surface area (Å²) >= 11 is 5.77. The fourth-order valence-electron chi connectivity index (χ4n) is 1.87. The van der Waals surface area contributed by atoms with Gasteiger partial charge in [0.15, 0.2) is 0 Å². The molecule has 0 spiro atoms. The van der Waals surface area contributed by atoms with Gasteiger partial charge in [-0.2, -0.15) is 0 Å². The van der Waals surface area contributed by atoms with Crippen molar-refractivity contribution in [2.24, 2.45) is 0 Å². The van der Waals surface area contributed by atoms with Crippen LogP contribution in [0.5, 0.6) is 5.75 Å². The second kappa shape index (κ2) is 5.73. The molecule has 20 heavy (non-hydrogen) atoms. The molecule has 2 aromatic carbocycles. The van der Waals surface area contributed by atoms with Gasteiger partial charge in [0.05, 0.1) is 10.6 Å². The van der Waals surface area contributed by atoms with Gasteiger partial charge >= 0.3 is 0 Å². The molecule has 106 valence electrons. The van der Waals surface area contributed by atoms with Gasteiger partial charge in [0, 0.05) is 17.6 Å². The van der Waals surface area contributed by atoms with Gasteiger partial charge in [-0.15, -0.1) is 0 Å². The molecule has 4 nitrogen and oxygen atoms in total. The van der Waals surface area contributed by atoms with Crippen molar-refractivity contribution in [1.82, 2.24) is 0 Å². The number of anilines is 1. The van der Waals surface area contributed by atoms with E-state index in [1.165, 1.54) is 40.7 Å². The maximum Gasteiger partial charge on any atom is 0.264 e. The minimum atomic E-state index is -3.67. The number of phenolic OH excluding ortho intramolecular Hbond substituents is 1. The smallest absolute Gasteiger partial charge is 0.264 e. The molecule has 0 heterocycles. The summed E-state index contributed by atoms with van der Waals surface area (Å²) in [5, 5.41) is 9.97. The van der Waals surface area contributed by atoms with E-state index in [1.807, 2.05) is 0 Å². The van der Waals surface area contributed by atoms with Crippen molar-refractivity contribution in [3.05, 3.63) is 53.6 Å². The highest BCUT2D eigenvalue weighted by Crippen LogP contribution is 2.26. The van der Waals surface area contributed by atoms with Crippen LogP contribution < -0.4 is 4.31 Å². The minimum Gasteiger partial charge on any atom is -0.508 e.